The van der Waals surface area contributed by atoms with Gasteiger partial charge >= 0.3 is 0 Å². The third-order valence-electron chi connectivity index (χ3n) is 6.66. The van der Waals surface area contributed by atoms with Gasteiger partial charge in [0.2, 0.25) is 0 Å². The summed E-state index contributed by atoms with van der Waals surface area (Å²) >= 11 is 0. The van der Waals surface area contributed by atoms with Gasteiger partial charge in [0.15, 0.2) is 0 Å². The Bertz CT molecular complexity index is 1430. The maximum Gasteiger partial charge on any atom is 0.137 e. The molecule has 0 bridgehead atoms. The van der Waals surface area contributed by atoms with Crippen LogP contribution >= 0.6 is 0 Å². The van der Waals surface area contributed by atoms with Gasteiger partial charge in [0, 0.05) is 59.6 Å². The van der Waals surface area contributed by atoms with E-state index in [0.717, 1.165) is 76.3 Å². The molecule has 6 rings (SSSR count). The average Bonchev–Trinajstić information content (AvgIpc) is 3.51. The van der Waals surface area contributed by atoms with Crippen molar-refractivity contribution in [2.45, 2.75) is 31.9 Å². The number of rotatable bonds is 5. The molecular weight excluding hydrogens is 426 g/mol. The van der Waals surface area contributed by atoms with Crippen molar-refractivity contribution < 1.29 is 4.74 Å². The number of hydrogen-bond acceptors (Lipinski definition) is 6. The van der Waals surface area contributed by atoms with Crippen molar-refractivity contribution in [2.75, 3.05) is 18.0 Å². The van der Waals surface area contributed by atoms with E-state index in [2.05, 4.69) is 44.1 Å². The lowest BCUT2D eigenvalue weighted by atomic mass is 10.1. The second kappa shape index (κ2) is 8.46. The highest BCUT2D eigenvalue weighted by atomic mass is 16.5. The highest BCUT2D eigenvalue weighted by Crippen LogP contribution is 2.32. The van der Waals surface area contributed by atoms with E-state index in [9.17, 15) is 0 Å². The summed E-state index contributed by atoms with van der Waals surface area (Å²) in [4.78, 5) is 14.5. The Labute approximate surface area is 197 Å². The number of anilines is 1. The van der Waals surface area contributed by atoms with Crippen LogP contribution in [0.1, 0.15) is 31.4 Å². The Hall–Kier alpha value is -3.91. The van der Waals surface area contributed by atoms with E-state index in [4.69, 9.17) is 15.5 Å². The summed E-state index contributed by atoms with van der Waals surface area (Å²) in [5.74, 6) is 1.78. The normalized spacial score (nSPS) is 15.8. The van der Waals surface area contributed by atoms with E-state index < -0.39 is 0 Å². The average molecular weight is 454 g/mol. The third kappa shape index (κ3) is 3.76. The van der Waals surface area contributed by atoms with Crippen molar-refractivity contribution in [2.24, 2.45) is 5.73 Å². The summed E-state index contributed by atoms with van der Waals surface area (Å²) in [6.07, 6.45) is 7.48. The van der Waals surface area contributed by atoms with Crippen molar-refractivity contribution in [3.63, 3.8) is 0 Å². The van der Waals surface area contributed by atoms with Crippen LogP contribution in [0, 0.1) is 0 Å². The Morgan fingerprint density at radius 1 is 1.06 bits per heavy atom. The zero-order chi connectivity index (χ0) is 23.1. The van der Waals surface area contributed by atoms with Crippen LogP contribution in [0.2, 0.25) is 0 Å². The first-order valence-corrected chi connectivity index (χ1v) is 11.7. The van der Waals surface area contributed by atoms with Gasteiger partial charge in [0.25, 0.3) is 0 Å². The Balaban J connectivity index is 1.26. The fourth-order valence-electron chi connectivity index (χ4n) is 4.73. The summed E-state index contributed by atoms with van der Waals surface area (Å²) in [6.45, 7) is 3.95. The summed E-state index contributed by atoms with van der Waals surface area (Å²) in [5, 5.41) is 9.77. The second-order valence-electron chi connectivity index (χ2n) is 8.91. The van der Waals surface area contributed by atoms with E-state index in [1.165, 1.54) is 0 Å². The molecule has 172 valence electrons. The van der Waals surface area contributed by atoms with Crippen LogP contribution in [0.5, 0.6) is 5.75 Å². The first kappa shape index (κ1) is 20.7. The van der Waals surface area contributed by atoms with Gasteiger partial charge in [-0.2, -0.15) is 5.10 Å². The van der Waals surface area contributed by atoms with Gasteiger partial charge in [-0.15, -0.1) is 0 Å². The van der Waals surface area contributed by atoms with Crippen LogP contribution in [0.4, 0.5) is 5.82 Å². The maximum absolute atomic E-state index is 6.34. The molecule has 1 saturated heterocycles. The van der Waals surface area contributed by atoms with E-state index in [-0.39, 0.29) is 6.10 Å². The van der Waals surface area contributed by atoms with E-state index >= 15 is 0 Å². The van der Waals surface area contributed by atoms with Gasteiger partial charge in [-0.05, 0) is 62.2 Å². The zero-order valence-electron chi connectivity index (χ0n) is 19.0. The van der Waals surface area contributed by atoms with Crippen LogP contribution in [0.15, 0.2) is 61.1 Å². The first-order chi connectivity index (χ1) is 16.7. The Morgan fingerprint density at radius 3 is 2.76 bits per heavy atom. The van der Waals surface area contributed by atoms with Crippen molar-refractivity contribution >= 4 is 27.8 Å². The molecule has 0 spiro atoms. The molecule has 5 heterocycles. The smallest absolute Gasteiger partial charge is 0.137 e. The molecule has 1 unspecified atom stereocenters. The molecule has 0 saturated carbocycles. The molecule has 1 aromatic carbocycles. The molecule has 1 atom stereocenters. The molecule has 0 amide bonds. The van der Waals surface area contributed by atoms with Crippen LogP contribution < -0.4 is 15.4 Å². The first-order valence-electron chi connectivity index (χ1n) is 11.7. The predicted octanol–water partition coefficient (Wildman–Crippen LogP) is 4.57. The zero-order valence-corrected chi connectivity index (χ0v) is 19.0. The fourth-order valence-corrected chi connectivity index (χ4v) is 4.73. The minimum absolute atomic E-state index is 0.132. The molecule has 8 nitrogen and oxygen atoms in total. The molecule has 4 aromatic heterocycles. The number of hydrogen-bond donors (Lipinski definition) is 3. The van der Waals surface area contributed by atoms with Crippen molar-refractivity contribution in [1.29, 1.82) is 0 Å². The highest BCUT2D eigenvalue weighted by Gasteiger charge is 2.18. The monoisotopic (exact) mass is 453 g/mol. The molecule has 1 aliphatic heterocycles. The number of H-pyrrole nitrogens is 2. The van der Waals surface area contributed by atoms with Crippen LogP contribution in [0.25, 0.3) is 33.2 Å². The summed E-state index contributed by atoms with van der Waals surface area (Å²) in [5.41, 5.74) is 10.8. The number of ether oxygens (including phenoxy) is 1. The highest BCUT2D eigenvalue weighted by molar-refractivity contribution is 5.93. The van der Waals surface area contributed by atoms with Gasteiger partial charge in [-0.3, -0.25) is 5.10 Å². The number of aromatic amines is 2. The van der Waals surface area contributed by atoms with Gasteiger partial charge in [-0.1, -0.05) is 0 Å². The van der Waals surface area contributed by atoms with Crippen molar-refractivity contribution in [1.82, 2.24) is 25.1 Å². The SMILES string of the molecule is CC(Oc1ccc2[nH]nc(-c3ccc(N4CCC(N)CC4)nc3)c2c1)c1ccnc2[nH]ccc12. The molecule has 0 aliphatic carbocycles. The Morgan fingerprint density at radius 2 is 1.94 bits per heavy atom. The van der Waals surface area contributed by atoms with Crippen LogP contribution in [0.3, 0.4) is 0 Å². The molecule has 1 aliphatic rings. The standard InChI is InChI=1S/C26H27N7O/c1-16(20-6-10-28-26-21(20)7-11-29-26)34-19-3-4-23-22(14-19)25(32-31-23)17-2-5-24(30-15-17)33-12-8-18(27)9-13-33/h2-7,10-11,14-16,18H,8-9,12-13,27H2,1H3,(H,28,29)(H,31,32). The maximum atomic E-state index is 6.34. The minimum atomic E-state index is -0.132. The predicted molar refractivity (Wildman–Crippen MR) is 134 cm³/mol. The number of nitrogens with zero attached hydrogens (tertiary/aromatic N) is 4. The summed E-state index contributed by atoms with van der Waals surface area (Å²) < 4.78 is 6.34. The van der Waals surface area contributed by atoms with Crippen molar-refractivity contribution in [3.05, 3.63) is 66.6 Å². The molecule has 8 heteroatoms. The molecule has 5 aromatic rings. The van der Waals surface area contributed by atoms with Gasteiger partial charge in [0.05, 0.1) is 5.52 Å². The van der Waals surface area contributed by atoms with Crippen molar-refractivity contribution in [3.8, 4) is 17.0 Å². The molecule has 34 heavy (non-hydrogen) atoms. The Kier molecular flexibility index (Phi) is 5.15. The third-order valence-corrected chi connectivity index (χ3v) is 6.66. The van der Waals surface area contributed by atoms with E-state index in [1.807, 2.05) is 42.7 Å². The van der Waals surface area contributed by atoms with Crippen LogP contribution in [-0.2, 0) is 0 Å². The number of piperidine rings is 1. The minimum Gasteiger partial charge on any atom is -0.486 e. The lowest BCUT2D eigenvalue weighted by Crippen LogP contribution is -2.40. The van der Waals surface area contributed by atoms with Gasteiger partial charge in [-0.25, -0.2) is 9.97 Å². The molecular formula is C26H27N7O. The number of aromatic nitrogens is 5. The van der Waals surface area contributed by atoms with Gasteiger partial charge < -0.3 is 20.4 Å². The molecule has 0 radical (unpaired) electrons. The van der Waals surface area contributed by atoms with Crippen LogP contribution in [-0.4, -0.2) is 44.3 Å². The van der Waals surface area contributed by atoms with E-state index in [1.54, 1.807) is 6.20 Å². The number of nitrogens with two attached hydrogens (primary N) is 1. The lowest BCUT2D eigenvalue weighted by molar-refractivity contribution is 0.229. The molecule has 1 fully saturated rings. The summed E-state index contributed by atoms with van der Waals surface area (Å²) in [6, 6.07) is 14.5. The quantitative estimate of drug-likeness (QED) is 0.360. The lowest BCUT2D eigenvalue weighted by Gasteiger charge is -2.31. The topological polar surface area (TPSA) is 109 Å². The number of fused-ring (bicyclic) bond motifs is 2. The number of nitrogens with one attached hydrogen (secondary N) is 2. The second-order valence-corrected chi connectivity index (χ2v) is 8.91. The van der Waals surface area contributed by atoms with Gasteiger partial charge in [0.1, 0.15) is 29.0 Å². The number of pyridine rings is 2. The summed E-state index contributed by atoms with van der Waals surface area (Å²) in [7, 11) is 0. The largest absolute Gasteiger partial charge is 0.486 e. The van der Waals surface area contributed by atoms with E-state index in [0.29, 0.717) is 6.04 Å². The molecule has 4 N–H and O–H groups in total. The fraction of sp³-hybridized carbons (Fsp3) is 0.269. The number of benzene rings is 1.